The fraction of sp³-hybridized carbons (Fsp3) is 0.231. The molecule has 1 aromatic carbocycles. The zero-order valence-corrected chi connectivity index (χ0v) is 10.1. The minimum atomic E-state index is -0.484. The number of amides is 1. The number of para-hydroxylation sites is 1. The normalized spacial score (nSPS) is 10.4. The molecule has 0 unspecified atom stereocenters. The summed E-state index contributed by atoms with van der Waals surface area (Å²) in [5.74, 6) is -0.0442. The predicted molar refractivity (Wildman–Crippen MR) is 67.1 cm³/mol. The number of hydrogen-bond donors (Lipinski definition) is 2. The van der Waals surface area contributed by atoms with Gasteiger partial charge in [-0.15, -0.1) is 0 Å². The summed E-state index contributed by atoms with van der Waals surface area (Å²) in [6.45, 7) is 0.265. The second-order valence-electron chi connectivity index (χ2n) is 3.91. The molecule has 0 aliphatic carbocycles. The minimum Gasteiger partial charge on any atom is -0.493 e. The number of carbonyl (C=O) groups is 1. The van der Waals surface area contributed by atoms with Crippen LogP contribution >= 0.6 is 0 Å². The Bertz CT molecular complexity index is 634. The number of ether oxygens (including phenoxy) is 1. The first-order chi connectivity index (χ1) is 9.20. The van der Waals surface area contributed by atoms with Crippen LogP contribution in [0.2, 0.25) is 0 Å². The molecule has 100 valence electrons. The lowest BCUT2D eigenvalue weighted by atomic mass is 10.2. The first kappa shape index (κ1) is 13.1. The highest BCUT2D eigenvalue weighted by molar-refractivity contribution is 5.82. The number of hydroxylamine groups is 1. The SMILES string of the molecule is O=C(CCCOc1cc(=O)oc2ccccc12)NO. The first-order valence-corrected chi connectivity index (χ1v) is 5.79. The summed E-state index contributed by atoms with van der Waals surface area (Å²) >= 11 is 0. The number of nitrogens with one attached hydrogen (secondary N) is 1. The Kier molecular flexibility index (Phi) is 4.15. The Labute approximate surface area is 108 Å². The van der Waals surface area contributed by atoms with Gasteiger partial charge in [0.1, 0.15) is 11.3 Å². The zero-order chi connectivity index (χ0) is 13.7. The van der Waals surface area contributed by atoms with Gasteiger partial charge in [0.15, 0.2) is 0 Å². The monoisotopic (exact) mass is 263 g/mol. The predicted octanol–water partition coefficient (Wildman–Crippen LogP) is 1.46. The number of fused-ring (bicyclic) bond motifs is 1. The lowest BCUT2D eigenvalue weighted by molar-refractivity contribution is -0.129. The lowest BCUT2D eigenvalue weighted by Gasteiger charge is -2.07. The molecule has 1 heterocycles. The molecule has 2 rings (SSSR count). The van der Waals surface area contributed by atoms with Gasteiger partial charge in [0.05, 0.1) is 18.1 Å². The van der Waals surface area contributed by atoms with Crippen molar-refractivity contribution >= 4 is 16.9 Å². The second kappa shape index (κ2) is 6.01. The van der Waals surface area contributed by atoms with E-state index in [0.29, 0.717) is 23.1 Å². The summed E-state index contributed by atoms with van der Waals surface area (Å²) in [5, 5.41) is 9.04. The Morgan fingerprint density at radius 1 is 1.37 bits per heavy atom. The van der Waals surface area contributed by atoms with Crippen molar-refractivity contribution < 1.29 is 19.2 Å². The minimum absolute atomic E-state index is 0.149. The molecule has 6 heteroatoms. The van der Waals surface area contributed by atoms with E-state index in [4.69, 9.17) is 14.4 Å². The third kappa shape index (κ3) is 3.32. The molecule has 6 nitrogen and oxygen atoms in total. The molecule has 2 aromatic rings. The Morgan fingerprint density at radius 2 is 2.16 bits per heavy atom. The van der Waals surface area contributed by atoms with Crippen molar-refractivity contribution in [2.75, 3.05) is 6.61 Å². The van der Waals surface area contributed by atoms with Crippen LogP contribution in [0, 0.1) is 0 Å². The van der Waals surface area contributed by atoms with Crippen molar-refractivity contribution in [3.05, 3.63) is 40.8 Å². The molecule has 0 saturated carbocycles. The van der Waals surface area contributed by atoms with E-state index in [-0.39, 0.29) is 13.0 Å². The van der Waals surface area contributed by atoms with Gasteiger partial charge in [-0.2, -0.15) is 0 Å². The number of rotatable bonds is 5. The molecular weight excluding hydrogens is 250 g/mol. The van der Waals surface area contributed by atoms with Crippen molar-refractivity contribution in [1.29, 1.82) is 0 Å². The highest BCUT2D eigenvalue weighted by Crippen LogP contribution is 2.23. The maximum atomic E-state index is 11.3. The molecule has 0 saturated heterocycles. The summed E-state index contributed by atoms with van der Waals surface area (Å²) in [5.41, 5.74) is 1.52. The largest absolute Gasteiger partial charge is 0.493 e. The fourth-order valence-corrected chi connectivity index (χ4v) is 1.67. The van der Waals surface area contributed by atoms with Crippen LogP contribution in [0.3, 0.4) is 0 Å². The molecule has 19 heavy (non-hydrogen) atoms. The maximum absolute atomic E-state index is 11.3. The number of carbonyl (C=O) groups excluding carboxylic acids is 1. The Morgan fingerprint density at radius 3 is 2.95 bits per heavy atom. The quantitative estimate of drug-likeness (QED) is 0.369. The molecule has 0 atom stereocenters. The average molecular weight is 263 g/mol. The summed E-state index contributed by atoms with van der Waals surface area (Å²) in [6.07, 6.45) is 0.580. The van der Waals surface area contributed by atoms with E-state index in [0.717, 1.165) is 0 Å². The molecule has 0 bridgehead atoms. The van der Waals surface area contributed by atoms with Crippen molar-refractivity contribution in [3.63, 3.8) is 0 Å². The standard InChI is InChI=1S/C13H13NO5/c15-12(14-17)6-3-7-18-11-8-13(16)19-10-5-2-1-4-9(10)11/h1-2,4-5,8,17H,3,6-7H2,(H,14,15). The van der Waals surface area contributed by atoms with Crippen molar-refractivity contribution in [3.8, 4) is 5.75 Å². The van der Waals surface area contributed by atoms with E-state index in [1.165, 1.54) is 6.07 Å². The van der Waals surface area contributed by atoms with Crippen LogP contribution in [0.5, 0.6) is 5.75 Å². The zero-order valence-electron chi connectivity index (χ0n) is 10.1. The third-order valence-electron chi connectivity index (χ3n) is 2.54. The van der Waals surface area contributed by atoms with Gasteiger partial charge in [-0.05, 0) is 18.6 Å². The lowest BCUT2D eigenvalue weighted by Crippen LogP contribution is -2.18. The molecule has 0 fully saturated rings. The van der Waals surface area contributed by atoms with Crippen LogP contribution in [-0.2, 0) is 4.79 Å². The summed E-state index contributed by atoms with van der Waals surface area (Å²) in [4.78, 5) is 22.2. The molecule has 0 radical (unpaired) electrons. The van der Waals surface area contributed by atoms with Gasteiger partial charge in [0.25, 0.3) is 0 Å². The van der Waals surface area contributed by atoms with Crippen LogP contribution in [0.1, 0.15) is 12.8 Å². The highest BCUT2D eigenvalue weighted by atomic mass is 16.5. The van der Waals surface area contributed by atoms with Gasteiger partial charge in [0, 0.05) is 6.42 Å². The van der Waals surface area contributed by atoms with Gasteiger partial charge < -0.3 is 9.15 Å². The Balaban J connectivity index is 2.08. The van der Waals surface area contributed by atoms with Crippen molar-refractivity contribution in [2.45, 2.75) is 12.8 Å². The molecular formula is C13H13NO5. The van der Waals surface area contributed by atoms with E-state index in [9.17, 15) is 9.59 Å². The van der Waals surface area contributed by atoms with E-state index in [2.05, 4.69) is 0 Å². The fourth-order valence-electron chi connectivity index (χ4n) is 1.67. The molecule has 0 aliphatic rings. The van der Waals surface area contributed by atoms with Gasteiger partial charge in [0.2, 0.25) is 5.91 Å². The van der Waals surface area contributed by atoms with Crippen LogP contribution in [0.25, 0.3) is 11.0 Å². The van der Waals surface area contributed by atoms with Gasteiger partial charge in [-0.1, -0.05) is 12.1 Å². The van der Waals surface area contributed by atoms with E-state index < -0.39 is 11.5 Å². The summed E-state index contributed by atoms with van der Waals surface area (Å²) in [7, 11) is 0. The topological polar surface area (TPSA) is 88.8 Å². The van der Waals surface area contributed by atoms with Crippen molar-refractivity contribution in [1.82, 2.24) is 5.48 Å². The van der Waals surface area contributed by atoms with E-state index in [1.807, 2.05) is 6.07 Å². The first-order valence-electron chi connectivity index (χ1n) is 5.79. The van der Waals surface area contributed by atoms with Crippen LogP contribution < -0.4 is 15.8 Å². The van der Waals surface area contributed by atoms with E-state index >= 15 is 0 Å². The van der Waals surface area contributed by atoms with Gasteiger partial charge >= 0.3 is 5.63 Å². The third-order valence-corrected chi connectivity index (χ3v) is 2.54. The highest BCUT2D eigenvalue weighted by Gasteiger charge is 2.06. The van der Waals surface area contributed by atoms with Gasteiger partial charge in [-0.3, -0.25) is 10.0 Å². The Hall–Kier alpha value is -2.34. The van der Waals surface area contributed by atoms with Gasteiger partial charge in [-0.25, -0.2) is 10.3 Å². The smallest absolute Gasteiger partial charge is 0.339 e. The average Bonchev–Trinajstić information content (AvgIpc) is 2.42. The molecule has 1 amide bonds. The maximum Gasteiger partial charge on any atom is 0.339 e. The summed E-state index contributed by atoms with van der Waals surface area (Å²) < 4.78 is 10.5. The number of benzene rings is 1. The molecule has 0 spiro atoms. The van der Waals surface area contributed by atoms with Crippen LogP contribution in [-0.4, -0.2) is 17.7 Å². The van der Waals surface area contributed by atoms with Crippen molar-refractivity contribution in [2.24, 2.45) is 0 Å². The van der Waals surface area contributed by atoms with Crippen LogP contribution in [0.15, 0.2) is 39.5 Å². The van der Waals surface area contributed by atoms with E-state index in [1.54, 1.807) is 23.7 Å². The molecule has 0 aliphatic heterocycles. The summed E-state index contributed by atoms with van der Waals surface area (Å²) in [6, 6.07) is 8.32. The van der Waals surface area contributed by atoms with Crippen LogP contribution in [0.4, 0.5) is 0 Å². The second-order valence-corrected chi connectivity index (χ2v) is 3.91. The molecule has 2 N–H and O–H groups in total. The number of hydrogen-bond acceptors (Lipinski definition) is 5. The molecule has 1 aromatic heterocycles.